The minimum absolute atomic E-state index is 0.334. The van der Waals surface area contributed by atoms with E-state index in [1.807, 2.05) is 0 Å². The molecular formula is C18H26O4. The van der Waals surface area contributed by atoms with Crippen LogP contribution in [-0.4, -0.2) is 25.2 Å². The molecule has 0 aliphatic rings. The van der Waals surface area contributed by atoms with Crippen molar-refractivity contribution in [3.63, 3.8) is 0 Å². The van der Waals surface area contributed by atoms with Crippen molar-refractivity contribution in [1.82, 2.24) is 0 Å². The highest BCUT2D eigenvalue weighted by Crippen LogP contribution is 2.09. The van der Waals surface area contributed by atoms with Gasteiger partial charge in [-0.05, 0) is 37.6 Å². The van der Waals surface area contributed by atoms with Crippen molar-refractivity contribution < 1.29 is 19.1 Å². The van der Waals surface area contributed by atoms with Gasteiger partial charge in [-0.2, -0.15) is 0 Å². The predicted molar refractivity (Wildman–Crippen MR) is 86.1 cm³/mol. The summed E-state index contributed by atoms with van der Waals surface area (Å²) in [6, 6.07) is 6.35. The van der Waals surface area contributed by atoms with Gasteiger partial charge < -0.3 is 9.47 Å². The van der Waals surface area contributed by atoms with Gasteiger partial charge in [0, 0.05) is 0 Å². The standard InChI is InChI=1S/C18H26O4/c1-3-5-6-7-8-9-14-22-18(20)16-12-10-15(11-13-16)17(19)21-4-2/h10-13H,3-9,14H2,1-2H3. The monoisotopic (exact) mass is 306 g/mol. The Morgan fingerprint density at radius 2 is 1.27 bits per heavy atom. The van der Waals surface area contributed by atoms with Gasteiger partial charge in [0.25, 0.3) is 0 Å². The SMILES string of the molecule is CCCCCCCCOC(=O)c1ccc(C(=O)OCC)cc1. The summed E-state index contributed by atoms with van der Waals surface area (Å²) in [5.74, 6) is -0.724. The van der Waals surface area contributed by atoms with Gasteiger partial charge >= 0.3 is 11.9 Å². The first kappa shape index (κ1) is 18.2. The van der Waals surface area contributed by atoms with Crippen LogP contribution in [0.1, 0.15) is 73.1 Å². The highest BCUT2D eigenvalue weighted by atomic mass is 16.5. The molecule has 0 spiro atoms. The van der Waals surface area contributed by atoms with Gasteiger partial charge in [0.1, 0.15) is 0 Å². The maximum atomic E-state index is 11.8. The molecule has 0 atom stereocenters. The molecule has 0 fully saturated rings. The number of ether oxygens (including phenoxy) is 2. The van der Waals surface area contributed by atoms with Crippen LogP contribution in [0, 0.1) is 0 Å². The molecule has 4 nitrogen and oxygen atoms in total. The van der Waals surface area contributed by atoms with Crippen molar-refractivity contribution in [2.75, 3.05) is 13.2 Å². The summed E-state index contributed by atoms with van der Waals surface area (Å²) in [6.45, 7) is 4.73. The number of hydrogen-bond acceptors (Lipinski definition) is 4. The fourth-order valence-electron chi connectivity index (χ4n) is 2.09. The van der Waals surface area contributed by atoms with E-state index in [-0.39, 0.29) is 11.9 Å². The second-order valence-corrected chi connectivity index (χ2v) is 5.20. The average molecular weight is 306 g/mol. The van der Waals surface area contributed by atoms with Gasteiger partial charge in [-0.15, -0.1) is 0 Å². The lowest BCUT2D eigenvalue weighted by atomic mass is 10.1. The summed E-state index contributed by atoms with van der Waals surface area (Å²) in [5, 5.41) is 0. The number of benzene rings is 1. The number of carbonyl (C=O) groups excluding carboxylic acids is 2. The fourth-order valence-corrected chi connectivity index (χ4v) is 2.09. The third-order valence-electron chi connectivity index (χ3n) is 3.36. The van der Waals surface area contributed by atoms with Crippen molar-refractivity contribution in [3.05, 3.63) is 35.4 Å². The average Bonchev–Trinajstić information content (AvgIpc) is 2.54. The zero-order valence-corrected chi connectivity index (χ0v) is 13.6. The first-order valence-electron chi connectivity index (χ1n) is 8.13. The van der Waals surface area contributed by atoms with Crippen LogP contribution in [0.3, 0.4) is 0 Å². The van der Waals surface area contributed by atoms with Crippen LogP contribution in [0.2, 0.25) is 0 Å². The Bertz CT molecular complexity index is 451. The van der Waals surface area contributed by atoms with Crippen LogP contribution in [0.5, 0.6) is 0 Å². The zero-order chi connectivity index (χ0) is 16.2. The van der Waals surface area contributed by atoms with E-state index in [1.165, 1.54) is 25.7 Å². The van der Waals surface area contributed by atoms with Crippen molar-refractivity contribution >= 4 is 11.9 Å². The molecule has 0 saturated heterocycles. The normalized spacial score (nSPS) is 10.3. The van der Waals surface area contributed by atoms with Crippen molar-refractivity contribution in [2.24, 2.45) is 0 Å². The number of unbranched alkanes of at least 4 members (excludes halogenated alkanes) is 5. The van der Waals surface area contributed by atoms with Gasteiger partial charge in [0.15, 0.2) is 0 Å². The van der Waals surface area contributed by atoms with E-state index in [2.05, 4.69) is 6.92 Å². The van der Waals surface area contributed by atoms with Gasteiger partial charge in [-0.3, -0.25) is 0 Å². The van der Waals surface area contributed by atoms with Crippen molar-refractivity contribution in [3.8, 4) is 0 Å². The molecule has 4 heteroatoms. The molecule has 0 radical (unpaired) electrons. The Morgan fingerprint density at radius 1 is 0.773 bits per heavy atom. The smallest absolute Gasteiger partial charge is 0.338 e. The van der Waals surface area contributed by atoms with E-state index >= 15 is 0 Å². The molecule has 0 aromatic heterocycles. The van der Waals surface area contributed by atoms with E-state index in [0.29, 0.717) is 24.3 Å². The lowest BCUT2D eigenvalue weighted by Crippen LogP contribution is -2.08. The molecule has 0 aliphatic heterocycles. The molecule has 0 unspecified atom stereocenters. The number of esters is 2. The summed E-state index contributed by atoms with van der Waals surface area (Å²) >= 11 is 0. The van der Waals surface area contributed by atoms with Crippen LogP contribution in [-0.2, 0) is 9.47 Å². The molecule has 22 heavy (non-hydrogen) atoms. The molecule has 122 valence electrons. The molecule has 0 amide bonds. The molecule has 1 aromatic rings. The number of hydrogen-bond donors (Lipinski definition) is 0. The van der Waals surface area contributed by atoms with Crippen LogP contribution in [0.4, 0.5) is 0 Å². The van der Waals surface area contributed by atoms with Crippen molar-refractivity contribution in [1.29, 1.82) is 0 Å². The van der Waals surface area contributed by atoms with Crippen LogP contribution < -0.4 is 0 Å². The summed E-state index contributed by atoms with van der Waals surface area (Å²) in [6.07, 6.45) is 6.94. The van der Waals surface area contributed by atoms with Gasteiger partial charge in [-0.1, -0.05) is 39.0 Å². The summed E-state index contributed by atoms with van der Waals surface area (Å²) < 4.78 is 10.1. The van der Waals surface area contributed by atoms with Crippen LogP contribution >= 0.6 is 0 Å². The highest BCUT2D eigenvalue weighted by Gasteiger charge is 2.10. The molecule has 0 saturated carbocycles. The third kappa shape index (κ3) is 6.74. The molecule has 0 N–H and O–H groups in total. The zero-order valence-electron chi connectivity index (χ0n) is 13.6. The minimum Gasteiger partial charge on any atom is -0.462 e. The predicted octanol–water partition coefficient (Wildman–Crippen LogP) is 4.38. The molecule has 0 bridgehead atoms. The topological polar surface area (TPSA) is 52.6 Å². The Balaban J connectivity index is 2.29. The molecule has 0 heterocycles. The quantitative estimate of drug-likeness (QED) is 0.475. The fraction of sp³-hybridized carbons (Fsp3) is 0.556. The second-order valence-electron chi connectivity index (χ2n) is 5.20. The lowest BCUT2D eigenvalue weighted by molar-refractivity contribution is 0.0491. The second kappa shape index (κ2) is 10.8. The Hall–Kier alpha value is -1.84. The summed E-state index contributed by atoms with van der Waals surface area (Å²) in [7, 11) is 0. The van der Waals surface area contributed by atoms with E-state index in [1.54, 1.807) is 31.2 Å². The maximum Gasteiger partial charge on any atom is 0.338 e. The molecule has 0 aliphatic carbocycles. The summed E-state index contributed by atoms with van der Waals surface area (Å²) in [5.41, 5.74) is 0.897. The third-order valence-corrected chi connectivity index (χ3v) is 3.36. The lowest BCUT2D eigenvalue weighted by Gasteiger charge is -2.06. The summed E-state index contributed by atoms with van der Waals surface area (Å²) in [4.78, 5) is 23.4. The minimum atomic E-state index is -0.380. The largest absolute Gasteiger partial charge is 0.462 e. The van der Waals surface area contributed by atoms with E-state index in [4.69, 9.17) is 9.47 Å². The van der Waals surface area contributed by atoms with Gasteiger partial charge in [-0.25, -0.2) is 9.59 Å². The first-order chi connectivity index (χ1) is 10.7. The van der Waals surface area contributed by atoms with Crippen molar-refractivity contribution in [2.45, 2.75) is 52.4 Å². The van der Waals surface area contributed by atoms with Crippen LogP contribution in [0.15, 0.2) is 24.3 Å². The first-order valence-corrected chi connectivity index (χ1v) is 8.13. The number of rotatable bonds is 10. The number of carbonyl (C=O) groups is 2. The van der Waals surface area contributed by atoms with E-state index < -0.39 is 0 Å². The Morgan fingerprint density at radius 3 is 1.82 bits per heavy atom. The van der Waals surface area contributed by atoms with E-state index in [9.17, 15) is 9.59 Å². The Kier molecular flexibility index (Phi) is 8.96. The molecular weight excluding hydrogens is 280 g/mol. The van der Waals surface area contributed by atoms with Crippen LogP contribution in [0.25, 0.3) is 0 Å². The molecule has 1 rings (SSSR count). The molecule has 1 aromatic carbocycles. The van der Waals surface area contributed by atoms with E-state index in [0.717, 1.165) is 12.8 Å². The maximum absolute atomic E-state index is 11.8. The van der Waals surface area contributed by atoms with Gasteiger partial charge in [0.2, 0.25) is 0 Å². The Labute approximate surface area is 132 Å². The highest BCUT2D eigenvalue weighted by molar-refractivity contribution is 5.93. The van der Waals surface area contributed by atoms with Gasteiger partial charge in [0.05, 0.1) is 24.3 Å².